The highest BCUT2D eigenvalue weighted by molar-refractivity contribution is 5.79. The molecule has 0 spiro atoms. The number of ether oxygens (including phenoxy) is 2. The fraction of sp³-hybridized carbons (Fsp3) is 0.300. The summed E-state index contributed by atoms with van der Waals surface area (Å²) < 4.78 is 9.37. The van der Waals surface area contributed by atoms with Crippen LogP contribution in [0.25, 0.3) is 0 Å². The van der Waals surface area contributed by atoms with Crippen LogP contribution >= 0.6 is 0 Å². The van der Waals surface area contributed by atoms with Gasteiger partial charge in [-0.1, -0.05) is 0 Å². The van der Waals surface area contributed by atoms with Crippen molar-refractivity contribution >= 4 is 11.7 Å². The van der Waals surface area contributed by atoms with E-state index >= 15 is 0 Å². The third kappa shape index (κ3) is 2.70. The van der Waals surface area contributed by atoms with Crippen LogP contribution in [0.2, 0.25) is 0 Å². The van der Waals surface area contributed by atoms with Gasteiger partial charge in [0.2, 0.25) is 0 Å². The van der Waals surface area contributed by atoms with Crippen LogP contribution in [0.1, 0.15) is 11.6 Å². The summed E-state index contributed by atoms with van der Waals surface area (Å²) in [6.45, 7) is 0. The molecule has 1 rings (SSSR count). The standard InChI is InChI=1S/C10H12N2O5/c1-16-6-3-4-8(12(14)15)7(5-6)9(11)10(13)17-2/h3-5,9H,11H2,1-2H3. The molecule has 0 aromatic heterocycles. The molecule has 0 saturated heterocycles. The molecule has 0 heterocycles. The summed E-state index contributed by atoms with van der Waals surface area (Å²) in [4.78, 5) is 21.5. The van der Waals surface area contributed by atoms with Gasteiger partial charge in [0.15, 0.2) is 0 Å². The lowest BCUT2D eigenvalue weighted by molar-refractivity contribution is -0.385. The number of nitrogens with zero attached hydrogens (tertiary/aromatic N) is 1. The molecule has 0 saturated carbocycles. The van der Waals surface area contributed by atoms with Crippen LogP contribution in [-0.2, 0) is 9.53 Å². The van der Waals surface area contributed by atoms with Gasteiger partial charge in [0.1, 0.15) is 11.8 Å². The monoisotopic (exact) mass is 240 g/mol. The lowest BCUT2D eigenvalue weighted by atomic mass is 10.1. The van der Waals surface area contributed by atoms with Crippen LogP contribution in [0.3, 0.4) is 0 Å². The van der Waals surface area contributed by atoms with Crippen LogP contribution < -0.4 is 10.5 Å². The van der Waals surface area contributed by atoms with E-state index in [0.29, 0.717) is 5.75 Å². The SMILES string of the molecule is COC(=O)C(N)c1cc(OC)ccc1[N+](=O)[O-]. The number of esters is 1. The minimum absolute atomic E-state index is 0.0567. The summed E-state index contributed by atoms with van der Waals surface area (Å²) in [7, 11) is 2.57. The number of carbonyl (C=O) groups is 1. The Labute approximate surface area is 97.3 Å². The second kappa shape index (κ2) is 5.26. The van der Waals surface area contributed by atoms with Gasteiger partial charge >= 0.3 is 5.97 Å². The second-order valence-electron chi connectivity index (χ2n) is 3.18. The van der Waals surface area contributed by atoms with Crippen LogP contribution in [0.5, 0.6) is 5.75 Å². The van der Waals surface area contributed by atoms with E-state index in [2.05, 4.69) is 4.74 Å². The molecular weight excluding hydrogens is 228 g/mol. The van der Waals surface area contributed by atoms with Crippen molar-refractivity contribution in [1.82, 2.24) is 0 Å². The third-order valence-corrected chi connectivity index (χ3v) is 2.22. The Bertz CT molecular complexity index is 446. The first-order chi connectivity index (χ1) is 8.01. The lowest BCUT2D eigenvalue weighted by Gasteiger charge is -2.11. The molecule has 7 heteroatoms. The first kappa shape index (κ1) is 12.9. The Kier molecular flexibility index (Phi) is 4.00. The smallest absolute Gasteiger partial charge is 0.327 e. The van der Waals surface area contributed by atoms with Gasteiger partial charge < -0.3 is 15.2 Å². The average Bonchev–Trinajstić information content (AvgIpc) is 2.35. The molecule has 92 valence electrons. The van der Waals surface area contributed by atoms with Gasteiger partial charge in [-0.05, 0) is 12.1 Å². The van der Waals surface area contributed by atoms with Crippen molar-refractivity contribution in [2.75, 3.05) is 14.2 Å². The van der Waals surface area contributed by atoms with Crippen molar-refractivity contribution in [3.63, 3.8) is 0 Å². The van der Waals surface area contributed by atoms with E-state index in [1.54, 1.807) is 0 Å². The Hall–Kier alpha value is -2.15. The van der Waals surface area contributed by atoms with Gasteiger partial charge in [0.25, 0.3) is 5.69 Å². The molecule has 0 aliphatic rings. The van der Waals surface area contributed by atoms with Crippen LogP contribution in [0.15, 0.2) is 18.2 Å². The topological polar surface area (TPSA) is 105 Å². The zero-order valence-electron chi connectivity index (χ0n) is 9.38. The van der Waals surface area contributed by atoms with E-state index in [1.165, 1.54) is 25.3 Å². The number of hydrogen-bond donors (Lipinski definition) is 1. The number of rotatable bonds is 4. The van der Waals surface area contributed by atoms with E-state index in [4.69, 9.17) is 10.5 Å². The molecule has 0 amide bonds. The molecule has 0 aliphatic carbocycles. The molecule has 2 N–H and O–H groups in total. The molecule has 0 bridgehead atoms. The summed E-state index contributed by atoms with van der Waals surface area (Å²) in [5.74, 6) is -0.369. The maximum Gasteiger partial charge on any atom is 0.327 e. The minimum atomic E-state index is -1.21. The van der Waals surface area contributed by atoms with E-state index in [-0.39, 0.29) is 11.3 Å². The molecule has 0 radical (unpaired) electrons. The van der Waals surface area contributed by atoms with E-state index in [0.717, 1.165) is 7.11 Å². The maximum absolute atomic E-state index is 11.3. The number of benzene rings is 1. The zero-order valence-corrected chi connectivity index (χ0v) is 9.38. The Balaban J connectivity index is 3.26. The fourth-order valence-corrected chi connectivity index (χ4v) is 1.33. The summed E-state index contributed by atoms with van der Waals surface area (Å²) in [5.41, 5.74) is 5.39. The highest BCUT2D eigenvalue weighted by Gasteiger charge is 2.26. The molecule has 0 fully saturated rings. The van der Waals surface area contributed by atoms with Gasteiger partial charge in [-0.2, -0.15) is 0 Å². The number of nitro groups is 1. The first-order valence-corrected chi connectivity index (χ1v) is 4.67. The van der Waals surface area contributed by atoms with Gasteiger partial charge in [-0.15, -0.1) is 0 Å². The van der Waals surface area contributed by atoms with Gasteiger partial charge in [-0.25, -0.2) is 4.79 Å². The van der Waals surface area contributed by atoms with Crippen molar-refractivity contribution in [1.29, 1.82) is 0 Å². The number of nitrogens with two attached hydrogens (primary N) is 1. The summed E-state index contributed by atoms with van der Waals surface area (Å²) in [6.07, 6.45) is 0. The van der Waals surface area contributed by atoms with Crippen molar-refractivity contribution < 1.29 is 19.2 Å². The molecule has 1 aromatic rings. The predicted molar refractivity (Wildman–Crippen MR) is 58.6 cm³/mol. The molecule has 17 heavy (non-hydrogen) atoms. The zero-order chi connectivity index (χ0) is 13.0. The van der Waals surface area contributed by atoms with Crippen LogP contribution in [-0.4, -0.2) is 25.1 Å². The fourth-order valence-electron chi connectivity index (χ4n) is 1.33. The second-order valence-corrected chi connectivity index (χ2v) is 3.18. The highest BCUT2D eigenvalue weighted by atomic mass is 16.6. The predicted octanol–water partition coefficient (Wildman–Crippen LogP) is 0.776. The van der Waals surface area contributed by atoms with Crippen LogP contribution in [0, 0.1) is 10.1 Å². The van der Waals surface area contributed by atoms with E-state index in [1.807, 2.05) is 0 Å². The van der Waals surface area contributed by atoms with Gasteiger partial charge in [-0.3, -0.25) is 10.1 Å². The van der Waals surface area contributed by atoms with Crippen molar-refractivity contribution in [3.05, 3.63) is 33.9 Å². The van der Waals surface area contributed by atoms with E-state index < -0.39 is 16.9 Å². The number of hydrogen-bond acceptors (Lipinski definition) is 6. The van der Waals surface area contributed by atoms with Gasteiger partial charge in [0.05, 0.1) is 24.7 Å². The third-order valence-electron chi connectivity index (χ3n) is 2.22. The summed E-state index contributed by atoms with van der Waals surface area (Å²) in [6, 6.07) is 2.79. The summed E-state index contributed by atoms with van der Waals surface area (Å²) in [5, 5.41) is 10.8. The number of carbonyl (C=O) groups excluding carboxylic acids is 1. The van der Waals surface area contributed by atoms with Gasteiger partial charge in [0, 0.05) is 6.07 Å². The number of nitro benzene ring substituents is 1. The average molecular weight is 240 g/mol. The molecule has 0 aliphatic heterocycles. The Morgan fingerprint density at radius 1 is 1.47 bits per heavy atom. The van der Waals surface area contributed by atoms with Crippen molar-refractivity contribution in [2.45, 2.75) is 6.04 Å². The van der Waals surface area contributed by atoms with Crippen molar-refractivity contribution in [2.24, 2.45) is 5.73 Å². The molecule has 7 nitrogen and oxygen atoms in total. The normalized spacial score (nSPS) is 11.7. The van der Waals surface area contributed by atoms with E-state index in [9.17, 15) is 14.9 Å². The Morgan fingerprint density at radius 3 is 2.59 bits per heavy atom. The Morgan fingerprint density at radius 2 is 2.12 bits per heavy atom. The molecule has 1 aromatic carbocycles. The molecule has 1 unspecified atom stereocenters. The molecular formula is C10H12N2O5. The quantitative estimate of drug-likeness (QED) is 0.473. The first-order valence-electron chi connectivity index (χ1n) is 4.67. The molecule has 1 atom stereocenters. The largest absolute Gasteiger partial charge is 0.497 e. The maximum atomic E-state index is 11.3. The highest BCUT2D eigenvalue weighted by Crippen LogP contribution is 2.28. The number of methoxy groups -OCH3 is 2. The minimum Gasteiger partial charge on any atom is -0.497 e. The lowest BCUT2D eigenvalue weighted by Crippen LogP contribution is -2.23. The summed E-state index contributed by atoms with van der Waals surface area (Å²) >= 11 is 0. The van der Waals surface area contributed by atoms with Crippen molar-refractivity contribution in [3.8, 4) is 5.75 Å². The van der Waals surface area contributed by atoms with Crippen LogP contribution in [0.4, 0.5) is 5.69 Å².